The highest BCUT2D eigenvalue weighted by Crippen LogP contribution is 2.29. The van der Waals surface area contributed by atoms with Gasteiger partial charge in [-0.05, 0) is 66.0 Å². The Morgan fingerprint density at radius 3 is 2.41 bits per heavy atom. The summed E-state index contributed by atoms with van der Waals surface area (Å²) in [5.74, 6) is -0.741. The molecular formula is C23H19Br2N5O4. The molecule has 3 aromatic rings. The van der Waals surface area contributed by atoms with E-state index in [2.05, 4.69) is 58.2 Å². The van der Waals surface area contributed by atoms with Crippen molar-refractivity contribution in [1.82, 2.24) is 21.3 Å². The summed E-state index contributed by atoms with van der Waals surface area (Å²) in [7, 11) is 0. The zero-order valence-corrected chi connectivity index (χ0v) is 21.1. The summed E-state index contributed by atoms with van der Waals surface area (Å²) in [6, 6.07) is 8.36. The van der Waals surface area contributed by atoms with Gasteiger partial charge in [0.25, 0.3) is 11.8 Å². The second-order valence-electron chi connectivity index (χ2n) is 7.51. The molecule has 174 valence electrons. The number of halogens is 2. The molecule has 1 aromatic carbocycles. The normalized spacial score (nSPS) is 13.8. The number of rotatable bonds is 4. The third-order valence-electron chi connectivity index (χ3n) is 5.19. The van der Waals surface area contributed by atoms with Crippen LogP contribution in [0.2, 0.25) is 0 Å². The Hall–Kier alpha value is -3.31. The first kappa shape index (κ1) is 23.8. The van der Waals surface area contributed by atoms with E-state index in [0.29, 0.717) is 51.0 Å². The van der Waals surface area contributed by atoms with E-state index >= 15 is 0 Å². The fraction of sp³-hybridized carbons (Fsp3) is 0.174. The molecular weight excluding hydrogens is 570 g/mol. The van der Waals surface area contributed by atoms with Gasteiger partial charge in [0.15, 0.2) is 5.76 Å². The average Bonchev–Trinajstić information content (AvgIpc) is 3.18. The third-order valence-corrected chi connectivity index (χ3v) is 6.15. The van der Waals surface area contributed by atoms with Crippen LogP contribution in [-0.2, 0) is 6.42 Å². The smallest absolute Gasteiger partial charge is 0.305 e. The number of aromatic nitrogens is 1. The Morgan fingerprint density at radius 2 is 1.68 bits per heavy atom. The van der Waals surface area contributed by atoms with E-state index in [-0.39, 0.29) is 5.76 Å². The SMILES string of the molecule is Cc1c(C(=O)NNC(=O)c2ccc(Br)cc2)oc2c1/C(=N/NC(=O)c1cncc(Br)c1)CCC2. The summed E-state index contributed by atoms with van der Waals surface area (Å²) >= 11 is 6.60. The number of nitrogens with one attached hydrogen (secondary N) is 3. The Kier molecular flexibility index (Phi) is 7.23. The van der Waals surface area contributed by atoms with Crippen molar-refractivity contribution in [2.75, 3.05) is 0 Å². The highest BCUT2D eigenvalue weighted by molar-refractivity contribution is 9.10. The fourth-order valence-corrected chi connectivity index (χ4v) is 4.19. The maximum Gasteiger partial charge on any atom is 0.305 e. The standard InChI is InChI=1S/C23H19Br2N5O4/c1-12-19-17(27-28-22(32)14-9-16(25)11-26-10-14)3-2-4-18(19)34-20(12)23(33)30-29-21(31)13-5-7-15(24)8-6-13/h5-11H,2-4H2,1H3,(H,28,32)(H,29,31)(H,30,33)/b27-17+. The molecule has 0 unspecified atom stereocenters. The molecule has 0 fully saturated rings. The Bertz CT molecular complexity index is 1300. The third kappa shape index (κ3) is 5.26. The van der Waals surface area contributed by atoms with E-state index in [1.54, 1.807) is 43.5 Å². The molecule has 0 radical (unpaired) electrons. The number of aryl methyl sites for hydroxylation is 1. The predicted molar refractivity (Wildman–Crippen MR) is 131 cm³/mol. The van der Waals surface area contributed by atoms with Crippen LogP contribution in [0.25, 0.3) is 0 Å². The van der Waals surface area contributed by atoms with Crippen LogP contribution in [0.4, 0.5) is 0 Å². The molecule has 0 atom stereocenters. The number of fused-ring (bicyclic) bond motifs is 1. The van der Waals surface area contributed by atoms with Crippen LogP contribution in [0.15, 0.2) is 61.2 Å². The minimum atomic E-state index is -0.582. The molecule has 11 heteroatoms. The molecule has 4 rings (SSSR count). The molecule has 34 heavy (non-hydrogen) atoms. The van der Waals surface area contributed by atoms with E-state index in [1.165, 1.54) is 6.20 Å². The van der Waals surface area contributed by atoms with Crippen molar-refractivity contribution in [3.63, 3.8) is 0 Å². The molecule has 1 aliphatic rings. The molecule has 0 saturated heterocycles. The lowest BCUT2D eigenvalue weighted by Crippen LogP contribution is -2.41. The summed E-state index contributed by atoms with van der Waals surface area (Å²) < 4.78 is 7.33. The van der Waals surface area contributed by atoms with Gasteiger partial charge >= 0.3 is 5.91 Å². The summed E-state index contributed by atoms with van der Waals surface area (Å²) in [5.41, 5.74) is 9.99. The molecule has 0 bridgehead atoms. The molecule has 3 amide bonds. The van der Waals surface area contributed by atoms with E-state index < -0.39 is 17.7 Å². The van der Waals surface area contributed by atoms with Crippen LogP contribution in [0.1, 0.15) is 61.0 Å². The van der Waals surface area contributed by atoms with E-state index in [4.69, 9.17) is 4.42 Å². The number of hydrogen-bond donors (Lipinski definition) is 3. The maximum absolute atomic E-state index is 12.7. The number of hydrazine groups is 1. The van der Waals surface area contributed by atoms with Crippen molar-refractivity contribution >= 4 is 55.3 Å². The number of hydrazone groups is 1. The quantitative estimate of drug-likeness (QED) is 0.396. The lowest BCUT2D eigenvalue weighted by Gasteiger charge is -2.13. The number of carbonyl (C=O) groups excluding carboxylic acids is 3. The van der Waals surface area contributed by atoms with Gasteiger partial charge in [0, 0.05) is 44.5 Å². The highest BCUT2D eigenvalue weighted by atomic mass is 79.9. The van der Waals surface area contributed by atoms with Crippen molar-refractivity contribution in [3.05, 3.63) is 85.4 Å². The second-order valence-corrected chi connectivity index (χ2v) is 9.35. The zero-order chi connectivity index (χ0) is 24.2. The largest absolute Gasteiger partial charge is 0.455 e. The van der Waals surface area contributed by atoms with Crippen LogP contribution in [-0.4, -0.2) is 28.4 Å². The van der Waals surface area contributed by atoms with Gasteiger partial charge in [-0.1, -0.05) is 15.9 Å². The number of nitrogens with zero attached hydrogens (tertiary/aromatic N) is 2. The second kappa shape index (κ2) is 10.3. The number of amides is 3. The van der Waals surface area contributed by atoms with Crippen molar-refractivity contribution in [2.45, 2.75) is 26.2 Å². The predicted octanol–water partition coefficient (Wildman–Crippen LogP) is 4.05. The first-order valence-corrected chi connectivity index (χ1v) is 11.9. The summed E-state index contributed by atoms with van der Waals surface area (Å²) in [6.45, 7) is 1.74. The lowest BCUT2D eigenvalue weighted by atomic mass is 9.93. The number of hydrogen-bond acceptors (Lipinski definition) is 6. The van der Waals surface area contributed by atoms with Crippen LogP contribution in [0, 0.1) is 6.92 Å². The van der Waals surface area contributed by atoms with Gasteiger partial charge in [0.05, 0.1) is 11.3 Å². The molecule has 0 aliphatic heterocycles. The minimum Gasteiger partial charge on any atom is -0.455 e. The summed E-state index contributed by atoms with van der Waals surface area (Å²) in [6.07, 6.45) is 5.04. The van der Waals surface area contributed by atoms with E-state index in [9.17, 15) is 14.4 Å². The fourth-order valence-electron chi connectivity index (χ4n) is 3.56. The molecule has 0 spiro atoms. The van der Waals surface area contributed by atoms with E-state index in [1.807, 2.05) is 0 Å². The van der Waals surface area contributed by atoms with Gasteiger partial charge in [-0.3, -0.25) is 30.2 Å². The van der Waals surface area contributed by atoms with Crippen LogP contribution in [0.5, 0.6) is 0 Å². The van der Waals surface area contributed by atoms with Crippen molar-refractivity contribution < 1.29 is 18.8 Å². The topological polar surface area (TPSA) is 126 Å². The molecule has 9 nitrogen and oxygen atoms in total. The monoisotopic (exact) mass is 587 g/mol. The van der Waals surface area contributed by atoms with Gasteiger partial charge in [-0.15, -0.1) is 0 Å². The first-order chi connectivity index (χ1) is 16.3. The number of pyridine rings is 1. The molecule has 0 saturated carbocycles. The molecule has 3 N–H and O–H groups in total. The number of benzene rings is 1. The summed E-state index contributed by atoms with van der Waals surface area (Å²) in [5, 5.41) is 4.29. The molecule has 1 aliphatic carbocycles. The number of carbonyl (C=O) groups is 3. The van der Waals surface area contributed by atoms with Crippen LogP contribution in [0.3, 0.4) is 0 Å². The average molecular weight is 589 g/mol. The van der Waals surface area contributed by atoms with Gasteiger partial charge < -0.3 is 4.42 Å². The first-order valence-electron chi connectivity index (χ1n) is 10.3. The van der Waals surface area contributed by atoms with Crippen molar-refractivity contribution in [2.24, 2.45) is 5.10 Å². The Morgan fingerprint density at radius 1 is 0.941 bits per heavy atom. The Balaban J connectivity index is 1.48. The zero-order valence-electron chi connectivity index (χ0n) is 17.9. The molecule has 2 aromatic heterocycles. The number of furan rings is 1. The van der Waals surface area contributed by atoms with Crippen LogP contribution < -0.4 is 16.3 Å². The van der Waals surface area contributed by atoms with Gasteiger partial charge in [0.2, 0.25) is 0 Å². The maximum atomic E-state index is 12.7. The van der Waals surface area contributed by atoms with Gasteiger partial charge in [-0.25, -0.2) is 5.43 Å². The van der Waals surface area contributed by atoms with Crippen molar-refractivity contribution in [3.8, 4) is 0 Å². The summed E-state index contributed by atoms with van der Waals surface area (Å²) in [4.78, 5) is 41.4. The van der Waals surface area contributed by atoms with Gasteiger partial charge in [-0.2, -0.15) is 5.10 Å². The Labute approximate surface area is 211 Å². The lowest BCUT2D eigenvalue weighted by molar-refractivity contribution is 0.0829. The van der Waals surface area contributed by atoms with E-state index in [0.717, 1.165) is 10.9 Å². The van der Waals surface area contributed by atoms with Gasteiger partial charge in [0.1, 0.15) is 5.76 Å². The van der Waals surface area contributed by atoms with Crippen LogP contribution >= 0.6 is 31.9 Å². The minimum absolute atomic E-state index is 0.0817. The molecule has 2 heterocycles. The highest BCUT2D eigenvalue weighted by Gasteiger charge is 2.28. The van der Waals surface area contributed by atoms with Crippen molar-refractivity contribution in [1.29, 1.82) is 0 Å².